The first-order valence-electron chi connectivity index (χ1n) is 8.63. The maximum Gasteiger partial charge on any atom is 0.335 e. The second-order valence-corrected chi connectivity index (χ2v) is 6.06. The lowest BCUT2D eigenvalue weighted by atomic mass is 10.1. The van der Waals surface area contributed by atoms with Gasteiger partial charge in [-0.25, -0.2) is 9.48 Å². The molecule has 1 N–H and O–H groups in total. The van der Waals surface area contributed by atoms with Crippen LogP contribution < -0.4 is 0 Å². The summed E-state index contributed by atoms with van der Waals surface area (Å²) >= 11 is 0. The topological polar surface area (TPSA) is 80.9 Å². The Morgan fingerprint density at radius 3 is 2.50 bits per heavy atom. The van der Waals surface area contributed by atoms with Crippen molar-refractivity contribution in [2.75, 3.05) is 0 Å². The van der Waals surface area contributed by atoms with Crippen LogP contribution in [0.4, 0.5) is 0 Å². The van der Waals surface area contributed by atoms with Gasteiger partial charge in [0.05, 0.1) is 16.9 Å². The Bertz CT molecular complexity index is 1140. The molecule has 3 aromatic heterocycles. The van der Waals surface area contributed by atoms with E-state index < -0.39 is 5.97 Å². The van der Waals surface area contributed by atoms with Gasteiger partial charge in [-0.3, -0.25) is 9.97 Å². The number of rotatable bonds is 5. The van der Waals surface area contributed by atoms with Crippen LogP contribution in [-0.4, -0.2) is 30.8 Å². The third-order valence-corrected chi connectivity index (χ3v) is 4.18. The maximum absolute atomic E-state index is 11.2. The molecule has 28 heavy (non-hydrogen) atoms. The van der Waals surface area contributed by atoms with E-state index in [4.69, 9.17) is 10.2 Å². The van der Waals surface area contributed by atoms with Crippen LogP contribution in [0.2, 0.25) is 0 Å². The van der Waals surface area contributed by atoms with Gasteiger partial charge in [0.2, 0.25) is 0 Å². The molecule has 0 aliphatic heterocycles. The van der Waals surface area contributed by atoms with Gasteiger partial charge in [0, 0.05) is 35.9 Å². The zero-order valence-corrected chi connectivity index (χ0v) is 14.8. The first kappa shape index (κ1) is 17.4. The quantitative estimate of drug-likeness (QED) is 0.571. The third-order valence-electron chi connectivity index (χ3n) is 4.18. The van der Waals surface area contributed by atoms with E-state index in [1.54, 1.807) is 18.5 Å². The fourth-order valence-corrected chi connectivity index (χ4v) is 2.80. The summed E-state index contributed by atoms with van der Waals surface area (Å²) in [5.74, 6) is -0.980. The summed E-state index contributed by atoms with van der Waals surface area (Å²) in [6.45, 7) is 0. The fraction of sp³-hybridized carbons (Fsp3) is 0. The molecule has 4 rings (SSSR count). The van der Waals surface area contributed by atoms with Crippen molar-refractivity contribution in [3.63, 3.8) is 0 Å². The lowest BCUT2D eigenvalue weighted by Crippen LogP contribution is -1.96. The van der Waals surface area contributed by atoms with Gasteiger partial charge in [-0.2, -0.15) is 5.10 Å². The molecule has 3 heterocycles. The molecule has 0 aliphatic rings. The van der Waals surface area contributed by atoms with Crippen molar-refractivity contribution in [3.8, 4) is 16.9 Å². The molecule has 6 heteroatoms. The Morgan fingerprint density at radius 1 is 0.964 bits per heavy atom. The highest BCUT2D eigenvalue weighted by Gasteiger charge is 2.10. The normalized spacial score (nSPS) is 11.0. The average Bonchev–Trinajstić information content (AvgIpc) is 3.18. The van der Waals surface area contributed by atoms with E-state index >= 15 is 0 Å². The molecule has 4 aromatic rings. The first-order chi connectivity index (χ1) is 13.7. The number of aromatic nitrogens is 4. The van der Waals surface area contributed by atoms with Gasteiger partial charge in [-0.05, 0) is 48.6 Å². The van der Waals surface area contributed by atoms with Crippen molar-refractivity contribution < 1.29 is 9.90 Å². The molecular formula is C22H16N4O2. The fourth-order valence-electron chi connectivity index (χ4n) is 2.80. The van der Waals surface area contributed by atoms with Crippen LogP contribution in [0.25, 0.3) is 29.1 Å². The molecule has 0 radical (unpaired) electrons. The summed E-state index contributed by atoms with van der Waals surface area (Å²) in [6.07, 6.45) is 10.5. The molecule has 0 saturated carbocycles. The number of carboxylic acid groups (broad SMARTS) is 1. The second-order valence-electron chi connectivity index (χ2n) is 6.06. The standard InChI is InChI=1S/C22H16N4O2/c27-22(28)17-10-13-24-19(14-17)7-6-18-15-26(20-4-2-1-3-5-20)25-21(18)16-8-11-23-12-9-16/h1-15H,(H,27,28). The molecule has 0 fully saturated rings. The van der Waals surface area contributed by atoms with Gasteiger partial charge >= 0.3 is 5.97 Å². The smallest absolute Gasteiger partial charge is 0.335 e. The number of carbonyl (C=O) groups is 1. The number of hydrogen-bond acceptors (Lipinski definition) is 4. The first-order valence-corrected chi connectivity index (χ1v) is 8.63. The van der Waals surface area contributed by atoms with Crippen molar-refractivity contribution in [2.24, 2.45) is 0 Å². The van der Waals surface area contributed by atoms with Crippen LogP contribution in [0.5, 0.6) is 0 Å². The van der Waals surface area contributed by atoms with Gasteiger partial charge in [0.25, 0.3) is 0 Å². The Kier molecular flexibility index (Phi) is 4.76. The number of nitrogens with zero attached hydrogens (tertiary/aromatic N) is 4. The number of para-hydroxylation sites is 1. The molecule has 0 spiro atoms. The summed E-state index contributed by atoms with van der Waals surface area (Å²) in [4.78, 5) is 19.4. The van der Waals surface area contributed by atoms with E-state index in [0.29, 0.717) is 5.69 Å². The molecular weight excluding hydrogens is 352 g/mol. The molecule has 0 aliphatic carbocycles. The van der Waals surface area contributed by atoms with Gasteiger partial charge in [-0.15, -0.1) is 0 Å². The second kappa shape index (κ2) is 7.67. The minimum atomic E-state index is -0.980. The molecule has 6 nitrogen and oxygen atoms in total. The highest BCUT2D eigenvalue weighted by Crippen LogP contribution is 2.25. The van der Waals surface area contributed by atoms with Gasteiger partial charge in [0.15, 0.2) is 0 Å². The largest absolute Gasteiger partial charge is 0.478 e. The van der Waals surface area contributed by atoms with Crippen LogP contribution in [0, 0.1) is 0 Å². The number of pyridine rings is 2. The Hall–Kier alpha value is -4.06. The summed E-state index contributed by atoms with van der Waals surface area (Å²) in [7, 11) is 0. The maximum atomic E-state index is 11.2. The zero-order valence-electron chi connectivity index (χ0n) is 14.8. The highest BCUT2D eigenvalue weighted by atomic mass is 16.4. The van der Waals surface area contributed by atoms with Crippen LogP contribution in [-0.2, 0) is 0 Å². The van der Waals surface area contributed by atoms with E-state index in [2.05, 4.69) is 9.97 Å². The van der Waals surface area contributed by atoms with E-state index in [1.807, 2.05) is 59.4 Å². The third kappa shape index (κ3) is 3.71. The van der Waals surface area contributed by atoms with Gasteiger partial charge < -0.3 is 5.11 Å². The summed E-state index contributed by atoms with van der Waals surface area (Å²) < 4.78 is 1.82. The van der Waals surface area contributed by atoms with E-state index in [1.165, 1.54) is 18.3 Å². The lowest BCUT2D eigenvalue weighted by molar-refractivity contribution is 0.0696. The molecule has 1 aromatic carbocycles. The minimum Gasteiger partial charge on any atom is -0.478 e. The Labute approximate surface area is 161 Å². The van der Waals surface area contributed by atoms with Crippen LogP contribution in [0.1, 0.15) is 21.6 Å². The van der Waals surface area contributed by atoms with Gasteiger partial charge in [-0.1, -0.05) is 18.2 Å². The van der Waals surface area contributed by atoms with Crippen LogP contribution in [0.3, 0.4) is 0 Å². The Balaban J connectivity index is 1.76. The van der Waals surface area contributed by atoms with Crippen LogP contribution in [0.15, 0.2) is 79.4 Å². The molecule has 0 atom stereocenters. The van der Waals surface area contributed by atoms with E-state index in [0.717, 1.165) is 22.5 Å². The van der Waals surface area contributed by atoms with Crippen molar-refractivity contribution in [3.05, 3.63) is 96.2 Å². The monoisotopic (exact) mass is 368 g/mol. The zero-order chi connectivity index (χ0) is 19.3. The van der Waals surface area contributed by atoms with Gasteiger partial charge in [0.1, 0.15) is 5.69 Å². The molecule has 0 bridgehead atoms. The molecule has 136 valence electrons. The van der Waals surface area contributed by atoms with Crippen molar-refractivity contribution in [1.82, 2.24) is 19.7 Å². The average molecular weight is 368 g/mol. The molecule has 0 saturated heterocycles. The van der Waals surface area contributed by atoms with Crippen molar-refractivity contribution in [1.29, 1.82) is 0 Å². The highest BCUT2D eigenvalue weighted by molar-refractivity contribution is 5.88. The molecule has 0 amide bonds. The number of benzene rings is 1. The summed E-state index contributed by atoms with van der Waals surface area (Å²) in [5.41, 5.74) is 4.34. The predicted octanol–water partition coefficient (Wildman–Crippen LogP) is 4.20. The number of hydrogen-bond donors (Lipinski definition) is 1. The summed E-state index contributed by atoms with van der Waals surface area (Å²) in [5, 5.41) is 13.9. The van der Waals surface area contributed by atoms with E-state index in [9.17, 15) is 4.79 Å². The molecule has 0 unspecified atom stereocenters. The lowest BCUT2D eigenvalue weighted by Gasteiger charge is -2.00. The summed E-state index contributed by atoms with van der Waals surface area (Å²) in [6, 6.07) is 16.6. The van der Waals surface area contributed by atoms with Crippen molar-refractivity contribution in [2.45, 2.75) is 0 Å². The van der Waals surface area contributed by atoms with Crippen molar-refractivity contribution >= 4 is 18.1 Å². The minimum absolute atomic E-state index is 0.198. The predicted molar refractivity (Wildman–Crippen MR) is 107 cm³/mol. The van der Waals surface area contributed by atoms with Crippen LogP contribution >= 0.6 is 0 Å². The van der Waals surface area contributed by atoms with E-state index in [-0.39, 0.29) is 5.56 Å². The number of aromatic carboxylic acids is 1. The number of carboxylic acids is 1. The Morgan fingerprint density at radius 2 is 1.75 bits per heavy atom. The SMILES string of the molecule is O=C(O)c1ccnc(C=Cc2cn(-c3ccccc3)nc2-c2ccncc2)c1.